The minimum absolute atomic E-state index is 0.645. The number of hydrogen-bond donors (Lipinski definition) is 0. The van der Waals surface area contributed by atoms with Crippen molar-refractivity contribution in [2.45, 2.75) is 18.7 Å². The van der Waals surface area contributed by atoms with Gasteiger partial charge in [0.25, 0.3) is 0 Å². The van der Waals surface area contributed by atoms with Gasteiger partial charge in [-0.15, -0.1) is 0 Å². The highest BCUT2D eigenvalue weighted by Gasteiger charge is 2.02. The molecule has 0 aromatic heterocycles. The Bertz CT molecular complexity index is 342. The lowest BCUT2D eigenvalue weighted by Crippen LogP contribution is -2.07. The van der Waals surface area contributed by atoms with Gasteiger partial charge < -0.3 is 14.2 Å². The molecular weight excluding hydrogens is 296 g/mol. The van der Waals surface area contributed by atoms with Gasteiger partial charge in [-0.3, -0.25) is 0 Å². The van der Waals surface area contributed by atoms with Gasteiger partial charge in [-0.1, -0.05) is 33.6 Å². The molecule has 1 aromatic rings. The van der Waals surface area contributed by atoms with Gasteiger partial charge in [-0.25, -0.2) is 0 Å². The van der Waals surface area contributed by atoms with E-state index < -0.39 is 0 Å². The van der Waals surface area contributed by atoms with Crippen LogP contribution in [0.5, 0.6) is 5.75 Å². The summed E-state index contributed by atoms with van der Waals surface area (Å²) >= 11 is 3.48. The third-order valence-electron chi connectivity index (χ3n) is 2.48. The molecular formula is C14H21BrO3. The molecule has 1 aromatic carbocycles. The second-order valence-corrected chi connectivity index (χ2v) is 4.61. The topological polar surface area (TPSA) is 27.7 Å². The molecule has 0 aliphatic carbocycles. The van der Waals surface area contributed by atoms with E-state index in [0.29, 0.717) is 26.4 Å². The van der Waals surface area contributed by atoms with Crippen molar-refractivity contribution in [3.8, 4) is 5.75 Å². The molecule has 0 fully saturated rings. The standard InChI is InChI=1S/C14H21BrO3/c1-12-4-5-14(13(10-12)11-15)18-7-3-6-17-9-8-16-2/h4-5,10H,3,6-9,11H2,1-2H3. The maximum atomic E-state index is 5.75. The Labute approximate surface area is 118 Å². The van der Waals surface area contributed by atoms with Crippen LogP contribution in [0.3, 0.4) is 0 Å². The van der Waals surface area contributed by atoms with Gasteiger partial charge in [0.05, 0.1) is 19.8 Å². The zero-order chi connectivity index (χ0) is 13.2. The molecule has 0 spiro atoms. The fraction of sp³-hybridized carbons (Fsp3) is 0.571. The summed E-state index contributed by atoms with van der Waals surface area (Å²) in [6.45, 7) is 4.76. The highest BCUT2D eigenvalue weighted by Crippen LogP contribution is 2.22. The number of hydrogen-bond acceptors (Lipinski definition) is 3. The van der Waals surface area contributed by atoms with E-state index in [9.17, 15) is 0 Å². The molecule has 1 rings (SSSR count). The lowest BCUT2D eigenvalue weighted by molar-refractivity contribution is 0.0644. The highest BCUT2D eigenvalue weighted by molar-refractivity contribution is 9.08. The SMILES string of the molecule is COCCOCCCOc1ccc(C)cc1CBr. The number of aryl methyl sites for hydroxylation is 1. The molecule has 0 amide bonds. The Morgan fingerprint density at radius 3 is 2.67 bits per heavy atom. The number of methoxy groups -OCH3 is 1. The van der Waals surface area contributed by atoms with Crippen molar-refractivity contribution in [3.05, 3.63) is 29.3 Å². The van der Waals surface area contributed by atoms with Crippen LogP contribution in [-0.4, -0.2) is 33.5 Å². The van der Waals surface area contributed by atoms with E-state index in [4.69, 9.17) is 14.2 Å². The molecule has 0 N–H and O–H groups in total. The van der Waals surface area contributed by atoms with Crippen LogP contribution in [-0.2, 0) is 14.8 Å². The van der Waals surface area contributed by atoms with Crippen molar-refractivity contribution in [1.29, 1.82) is 0 Å². The molecule has 0 unspecified atom stereocenters. The summed E-state index contributed by atoms with van der Waals surface area (Å²) in [6.07, 6.45) is 0.888. The molecule has 0 saturated carbocycles. The molecule has 0 saturated heterocycles. The Balaban J connectivity index is 2.22. The Hall–Kier alpha value is -0.580. The van der Waals surface area contributed by atoms with Crippen molar-refractivity contribution in [2.75, 3.05) is 33.5 Å². The second kappa shape index (κ2) is 9.36. The third kappa shape index (κ3) is 5.85. The predicted molar refractivity (Wildman–Crippen MR) is 76.6 cm³/mol. The fourth-order valence-electron chi connectivity index (χ4n) is 1.54. The van der Waals surface area contributed by atoms with Gasteiger partial charge in [0.2, 0.25) is 0 Å². The summed E-state index contributed by atoms with van der Waals surface area (Å²) in [4.78, 5) is 0. The summed E-state index contributed by atoms with van der Waals surface area (Å²) in [7, 11) is 1.67. The predicted octanol–water partition coefficient (Wildman–Crippen LogP) is 3.32. The number of halogens is 1. The second-order valence-electron chi connectivity index (χ2n) is 4.05. The third-order valence-corrected chi connectivity index (χ3v) is 3.09. The van der Waals surface area contributed by atoms with Crippen molar-refractivity contribution < 1.29 is 14.2 Å². The van der Waals surface area contributed by atoms with E-state index in [2.05, 4.69) is 35.0 Å². The zero-order valence-corrected chi connectivity index (χ0v) is 12.7. The molecule has 0 radical (unpaired) electrons. The monoisotopic (exact) mass is 316 g/mol. The normalized spacial score (nSPS) is 10.6. The van der Waals surface area contributed by atoms with E-state index in [0.717, 1.165) is 17.5 Å². The van der Waals surface area contributed by atoms with Gasteiger partial charge in [0.1, 0.15) is 5.75 Å². The number of alkyl halides is 1. The Morgan fingerprint density at radius 2 is 1.94 bits per heavy atom. The minimum Gasteiger partial charge on any atom is -0.493 e. The van der Waals surface area contributed by atoms with Gasteiger partial charge >= 0.3 is 0 Å². The van der Waals surface area contributed by atoms with Crippen molar-refractivity contribution >= 4 is 15.9 Å². The van der Waals surface area contributed by atoms with Crippen molar-refractivity contribution in [1.82, 2.24) is 0 Å². The van der Waals surface area contributed by atoms with Crippen LogP contribution in [0.25, 0.3) is 0 Å². The summed E-state index contributed by atoms with van der Waals surface area (Å²) in [6, 6.07) is 6.23. The number of ether oxygens (including phenoxy) is 3. The molecule has 18 heavy (non-hydrogen) atoms. The van der Waals surface area contributed by atoms with E-state index >= 15 is 0 Å². The van der Waals surface area contributed by atoms with Crippen LogP contribution in [0.4, 0.5) is 0 Å². The average Bonchev–Trinajstić information content (AvgIpc) is 2.39. The molecule has 0 aliphatic heterocycles. The lowest BCUT2D eigenvalue weighted by atomic mass is 10.1. The Kier molecular flexibility index (Phi) is 8.05. The van der Waals surface area contributed by atoms with E-state index in [1.165, 1.54) is 11.1 Å². The molecule has 0 bridgehead atoms. The van der Waals surface area contributed by atoms with Crippen LogP contribution >= 0.6 is 15.9 Å². The lowest BCUT2D eigenvalue weighted by Gasteiger charge is -2.11. The molecule has 3 nitrogen and oxygen atoms in total. The first kappa shape index (κ1) is 15.5. The van der Waals surface area contributed by atoms with Crippen LogP contribution in [0.1, 0.15) is 17.5 Å². The van der Waals surface area contributed by atoms with Gasteiger partial charge in [-0.2, -0.15) is 0 Å². The molecule has 0 heterocycles. The first-order valence-electron chi connectivity index (χ1n) is 6.13. The first-order valence-corrected chi connectivity index (χ1v) is 7.25. The van der Waals surface area contributed by atoms with E-state index in [1.54, 1.807) is 7.11 Å². The van der Waals surface area contributed by atoms with E-state index in [-0.39, 0.29) is 0 Å². The minimum atomic E-state index is 0.645. The molecule has 4 heteroatoms. The highest BCUT2D eigenvalue weighted by atomic mass is 79.9. The zero-order valence-electron chi connectivity index (χ0n) is 11.1. The Morgan fingerprint density at radius 1 is 1.11 bits per heavy atom. The van der Waals surface area contributed by atoms with Crippen LogP contribution in [0.15, 0.2) is 18.2 Å². The molecule has 0 atom stereocenters. The average molecular weight is 317 g/mol. The quantitative estimate of drug-likeness (QED) is 0.516. The van der Waals surface area contributed by atoms with E-state index in [1.807, 2.05) is 6.07 Å². The summed E-state index contributed by atoms with van der Waals surface area (Å²) in [5, 5.41) is 0.814. The van der Waals surface area contributed by atoms with Gasteiger partial charge in [0.15, 0.2) is 0 Å². The van der Waals surface area contributed by atoms with Crippen LogP contribution in [0, 0.1) is 6.92 Å². The maximum Gasteiger partial charge on any atom is 0.123 e. The van der Waals surface area contributed by atoms with Crippen LogP contribution in [0.2, 0.25) is 0 Å². The smallest absolute Gasteiger partial charge is 0.123 e. The largest absolute Gasteiger partial charge is 0.493 e. The maximum absolute atomic E-state index is 5.75. The molecule has 0 aliphatic rings. The van der Waals surface area contributed by atoms with Crippen molar-refractivity contribution in [3.63, 3.8) is 0 Å². The summed E-state index contributed by atoms with van der Waals surface area (Å²) in [5.41, 5.74) is 2.44. The summed E-state index contributed by atoms with van der Waals surface area (Å²) < 4.78 is 16.0. The van der Waals surface area contributed by atoms with Crippen LogP contribution < -0.4 is 4.74 Å². The fourth-order valence-corrected chi connectivity index (χ4v) is 1.98. The molecule has 102 valence electrons. The first-order chi connectivity index (χ1) is 8.77. The van der Waals surface area contributed by atoms with Gasteiger partial charge in [-0.05, 0) is 13.0 Å². The van der Waals surface area contributed by atoms with Crippen molar-refractivity contribution in [2.24, 2.45) is 0 Å². The number of benzene rings is 1. The van der Waals surface area contributed by atoms with Gasteiger partial charge in [0, 0.05) is 31.0 Å². The summed E-state index contributed by atoms with van der Waals surface area (Å²) in [5.74, 6) is 0.953. The number of rotatable bonds is 9.